The molecular formula is C11H19NO3. The summed E-state index contributed by atoms with van der Waals surface area (Å²) in [5.74, 6) is -0.962. The van der Waals surface area contributed by atoms with Gasteiger partial charge in [0.25, 0.3) is 0 Å². The lowest BCUT2D eigenvalue weighted by Crippen LogP contribution is -2.30. The van der Waals surface area contributed by atoms with Crippen LogP contribution in [0.25, 0.3) is 0 Å². The van der Waals surface area contributed by atoms with Crippen molar-refractivity contribution in [3.8, 4) is 0 Å². The van der Waals surface area contributed by atoms with Crippen LogP contribution in [0.5, 0.6) is 0 Å². The van der Waals surface area contributed by atoms with Gasteiger partial charge in [0.05, 0.1) is 0 Å². The van der Waals surface area contributed by atoms with E-state index in [-0.39, 0.29) is 18.2 Å². The van der Waals surface area contributed by atoms with Crippen LogP contribution in [-0.4, -0.2) is 23.5 Å². The van der Waals surface area contributed by atoms with E-state index < -0.39 is 5.97 Å². The maximum atomic E-state index is 11.4. The molecule has 1 atom stereocenters. The molecule has 2 N–H and O–H groups in total. The van der Waals surface area contributed by atoms with E-state index in [0.717, 1.165) is 6.54 Å². The fraction of sp³-hybridized carbons (Fsp3) is 0.818. The van der Waals surface area contributed by atoms with Crippen molar-refractivity contribution in [3.63, 3.8) is 0 Å². The number of carboxylic acids is 1. The number of aliphatic carboxylic acids is 1. The fourth-order valence-corrected chi connectivity index (χ4v) is 1.46. The van der Waals surface area contributed by atoms with Crippen LogP contribution < -0.4 is 5.32 Å². The van der Waals surface area contributed by atoms with E-state index in [2.05, 4.69) is 12.2 Å². The van der Waals surface area contributed by atoms with E-state index in [1.54, 1.807) is 6.92 Å². The summed E-state index contributed by atoms with van der Waals surface area (Å²) in [5, 5.41) is 11.4. The summed E-state index contributed by atoms with van der Waals surface area (Å²) in [6.07, 6.45) is 2.73. The standard InChI is InChI=1S/C11H19NO3/c1-8(6-10(14)15)5-9(13)12-7-11(2)3-4-11/h8H,3-7H2,1-2H3,(H,12,13)(H,14,15). The molecule has 86 valence electrons. The highest BCUT2D eigenvalue weighted by molar-refractivity contribution is 5.77. The van der Waals surface area contributed by atoms with E-state index in [0.29, 0.717) is 11.8 Å². The molecule has 1 aliphatic rings. The quantitative estimate of drug-likeness (QED) is 0.701. The highest BCUT2D eigenvalue weighted by Gasteiger charge is 2.37. The number of carboxylic acid groups (broad SMARTS) is 1. The fourth-order valence-electron chi connectivity index (χ4n) is 1.46. The number of hydrogen-bond acceptors (Lipinski definition) is 2. The van der Waals surface area contributed by atoms with E-state index in [1.165, 1.54) is 12.8 Å². The van der Waals surface area contributed by atoms with E-state index in [1.807, 2.05) is 0 Å². The number of nitrogens with one attached hydrogen (secondary N) is 1. The summed E-state index contributed by atoms with van der Waals surface area (Å²) < 4.78 is 0. The molecule has 15 heavy (non-hydrogen) atoms. The molecule has 0 heterocycles. The van der Waals surface area contributed by atoms with Gasteiger partial charge in [0, 0.05) is 19.4 Å². The molecular weight excluding hydrogens is 194 g/mol. The van der Waals surface area contributed by atoms with Crippen molar-refractivity contribution in [3.05, 3.63) is 0 Å². The number of hydrogen-bond donors (Lipinski definition) is 2. The monoisotopic (exact) mass is 213 g/mol. The molecule has 1 fully saturated rings. The Bertz CT molecular complexity index is 259. The van der Waals surface area contributed by atoms with Gasteiger partial charge in [-0.3, -0.25) is 9.59 Å². The Balaban J connectivity index is 2.14. The molecule has 1 rings (SSSR count). The van der Waals surface area contributed by atoms with Gasteiger partial charge in [-0.1, -0.05) is 13.8 Å². The molecule has 0 spiro atoms. The average molecular weight is 213 g/mol. The second kappa shape index (κ2) is 4.64. The van der Waals surface area contributed by atoms with Gasteiger partial charge in [-0.25, -0.2) is 0 Å². The highest BCUT2D eigenvalue weighted by atomic mass is 16.4. The summed E-state index contributed by atoms with van der Waals surface area (Å²) in [6, 6.07) is 0. The van der Waals surface area contributed by atoms with E-state index in [9.17, 15) is 9.59 Å². The highest BCUT2D eigenvalue weighted by Crippen LogP contribution is 2.44. The zero-order valence-corrected chi connectivity index (χ0v) is 9.38. The van der Waals surface area contributed by atoms with Crippen LogP contribution in [0.2, 0.25) is 0 Å². The lowest BCUT2D eigenvalue weighted by Gasteiger charge is -2.12. The third-order valence-electron chi connectivity index (χ3n) is 2.87. The predicted molar refractivity (Wildman–Crippen MR) is 56.4 cm³/mol. The number of carbonyl (C=O) groups is 2. The summed E-state index contributed by atoms with van der Waals surface area (Å²) in [4.78, 5) is 21.8. The van der Waals surface area contributed by atoms with Gasteiger partial charge in [-0.2, -0.15) is 0 Å². The first-order valence-electron chi connectivity index (χ1n) is 5.40. The van der Waals surface area contributed by atoms with E-state index in [4.69, 9.17) is 5.11 Å². The zero-order valence-electron chi connectivity index (χ0n) is 9.38. The van der Waals surface area contributed by atoms with Gasteiger partial charge < -0.3 is 10.4 Å². The molecule has 0 radical (unpaired) electrons. The van der Waals surface area contributed by atoms with Crippen molar-refractivity contribution in [2.24, 2.45) is 11.3 Å². The molecule has 0 aromatic carbocycles. The number of amides is 1. The molecule has 1 unspecified atom stereocenters. The number of carbonyl (C=O) groups excluding carboxylic acids is 1. The largest absolute Gasteiger partial charge is 0.481 e. The van der Waals surface area contributed by atoms with E-state index >= 15 is 0 Å². The van der Waals surface area contributed by atoms with Crippen LogP contribution in [0.15, 0.2) is 0 Å². The van der Waals surface area contributed by atoms with Crippen LogP contribution >= 0.6 is 0 Å². The normalized spacial score (nSPS) is 19.3. The topological polar surface area (TPSA) is 66.4 Å². The van der Waals surface area contributed by atoms with Crippen LogP contribution in [0.1, 0.15) is 39.5 Å². The van der Waals surface area contributed by atoms with Gasteiger partial charge in [0.2, 0.25) is 5.91 Å². The van der Waals surface area contributed by atoms with Crippen molar-refractivity contribution >= 4 is 11.9 Å². The minimum Gasteiger partial charge on any atom is -0.481 e. The van der Waals surface area contributed by atoms with Crippen molar-refractivity contribution in [1.82, 2.24) is 5.32 Å². The Morgan fingerprint density at radius 2 is 2.00 bits per heavy atom. The molecule has 0 aromatic rings. The Labute approximate surface area is 90.0 Å². The van der Waals surface area contributed by atoms with Gasteiger partial charge in [-0.05, 0) is 24.2 Å². The maximum Gasteiger partial charge on any atom is 0.303 e. The first kappa shape index (κ1) is 12.0. The first-order valence-corrected chi connectivity index (χ1v) is 5.40. The molecule has 1 amide bonds. The minimum absolute atomic E-state index is 0.0307. The minimum atomic E-state index is -0.843. The van der Waals surface area contributed by atoms with Gasteiger partial charge >= 0.3 is 5.97 Å². The Hall–Kier alpha value is -1.06. The van der Waals surface area contributed by atoms with Crippen molar-refractivity contribution in [2.75, 3.05) is 6.54 Å². The van der Waals surface area contributed by atoms with Gasteiger partial charge in [-0.15, -0.1) is 0 Å². The summed E-state index contributed by atoms with van der Waals surface area (Å²) >= 11 is 0. The summed E-state index contributed by atoms with van der Waals surface area (Å²) in [5.41, 5.74) is 0.311. The summed E-state index contributed by atoms with van der Waals surface area (Å²) in [6.45, 7) is 4.66. The van der Waals surface area contributed by atoms with Gasteiger partial charge in [0.1, 0.15) is 0 Å². The molecule has 4 heteroatoms. The van der Waals surface area contributed by atoms with Crippen LogP contribution in [-0.2, 0) is 9.59 Å². The predicted octanol–water partition coefficient (Wildman–Crippen LogP) is 1.40. The SMILES string of the molecule is CC(CC(=O)O)CC(=O)NCC1(C)CC1. The molecule has 0 bridgehead atoms. The molecule has 1 saturated carbocycles. The number of rotatable bonds is 6. The van der Waals surface area contributed by atoms with Crippen molar-refractivity contribution in [1.29, 1.82) is 0 Å². The third-order valence-corrected chi connectivity index (χ3v) is 2.87. The molecule has 0 aromatic heterocycles. The molecule has 0 aliphatic heterocycles. The summed E-state index contributed by atoms with van der Waals surface area (Å²) in [7, 11) is 0. The lowest BCUT2D eigenvalue weighted by molar-refractivity contribution is -0.138. The molecule has 4 nitrogen and oxygen atoms in total. The van der Waals surface area contributed by atoms with Crippen molar-refractivity contribution < 1.29 is 14.7 Å². The molecule has 1 aliphatic carbocycles. The molecule has 0 saturated heterocycles. The van der Waals surface area contributed by atoms with Crippen LogP contribution in [0.4, 0.5) is 0 Å². The van der Waals surface area contributed by atoms with Crippen LogP contribution in [0, 0.1) is 11.3 Å². The maximum absolute atomic E-state index is 11.4. The lowest BCUT2D eigenvalue weighted by atomic mass is 10.0. The Morgan fingerprint density at radius 3 is 2.47 bits per heavy atom. The third kappa shape index (κ3) is 4.81. The zero-order chi connectivity index (χ0) is 11.5. The second-order valence-corrected chi connectivity index (χ2v) is 4.99. The smallest absolute Gasteiger partial charge is 0.303 e. The average Bonchev–Trinajstić information content (AvgIpc) is 2.80. The Kier molecular flexibility index (Phi) is 3.72. The van der Waals surface area contributed by atoms with Gasteiger partial charge in [0.15, 0.2) is 0 Å². The first-order chi connectivity index (χ1) is 6.91. The van der Waals surface area contributed by atoms with Crippen molar-refractivity contribution in [2.45, 2.75) is 39.5 Å². The second-order valence-electron chi connectivity index (χ2n) is 4.99. The van der Waals surface area contributed by atoms with Crippen LogP contribution in [0.3, 0.4) is 0 Å². The Morgan fingerprint density at radius 1 is 1.40 bits per heavy atom.